The number of hydrogen-bond acceptors (Lipinski definition) is 3. The number of thioether (sulfide) groups is 1. The Morgan fingerprint density at radius 2 is 1.97 bits per heavy atom. The summed E-state index contributed by atoms with van der Waals surface area (Å²) in [7, 11) is 0. The Morgan fingerprint density at radius 1 is 1.17 bits per heavy atom. The molecular weight excluding hydrogens is 380 g/mol. The van der Waals surface area contributed by atoms with Crippen LogP contribution in [0.5, 0.6) is 0 Å². The minimum atomic E-state index is 0.0642. The molecule has 154 valence electrons. The zero-order valence-electron chi connectivity index (χ0n) is 17.2. The average Bonchev–Trinajstić information content (AvgIpc) is 2.72. The molecule has 1 unspecified atom stereocenters. The highest BCUT2D eigenvalue weighted by Gasteiger charge is 2.24. The number of aliphatic imine (C=N–C) groups is 1. The summed E-state index contributed by atoms with van der Waals surface area (Å²) in [5.41, 5.74) is 4.73. The van der Waals surface area contributed by atoms with Gasteiger partial charge in [0.1, 0.15) is 0 Å². The Labute approximate surface area is 177 Å². The van der Waals surface area contributed by atoms with Crippen LogP contribution < -0.4 is 16.0 Å². The second kappa shape index (κ2) is 10.9. The van der Waals surface area contributed by atoms with Gasteiger partial charge >= 0.3 is 0 Å². The fourth-order valence-electron chi connectivity index (χ4n) is 3.32. The molecule has 1 heterocycles. The van der Waals surface area contributed by atoms with Gasteiger partial charge in [-0.2, -0.15) is 11.8 Å². The standard InChI is InChI=1S/C23H30N4OS/c1-3-24-23(25-12-13-29-16-18-10-8-17(2)9-11-18)26-15-19-14-22(28)27-21-7-5-4-6-20(19)21/h4-11,19H,3,12-16H2,1-2H3,(H,27,28)(H2,24,25,26). The maximum Gasteiger partial charge on any atom is 0.225 e. The number of carbonyl (C=O) groups is 1. The lowest BCUT2D eigenvalue weighted by Gasteiger charge is -2.24. The SMILES string of the molecule is CCNC(=NCC1CC(=O)Nc2ccccc21)NCCSCc1ccc(C)cc1. The summed E-state index contributed by atoms with van der Waals surface area (Å²) in [6.45, 7) is 6.43. The van der Waals surface area contributed by atoms with Crippen molar-refractivity contribution in [2.45, 2.75) is 31.9 Å². The Kier molecular flexibility index (Phi) is 7.99. The molecule has 0 saturated carbocycles. The smallest absolute Gasteiger partial charge is 0.225 e. The van der Waals surface area contributed by atoms with Crippen molar-refractivity contribution < 1.29 is 4.79 Å². The van der Waals surface area contributed by atoms with E-state index >= 15 is 0 Å². The van der Waals surface area contributed by atoms with Gasteiger partial charge < -0.3 is 16.0 Å². The number of para-hydroxylation sites is 1. The van der Waals surface area contributed by atoms with E-state index in [4.69, 9.17) is 4.99 Å². The van der Waals surface area contributed by atoms with Crippen LogP contribution in [0.15, 0.2) is 53.5 Å². The Morgan fingerprint density at radius 3 is 2.76 bits per heavy atom. The van der Waals surface area contributed by atoms with Gasteiger partial charge in [0.15, 0.2) is 5.96 Å². The van der Waals surface area contributed by atoms with Crippen LogP contribution in [-0.2, 0) is 10.5 Å². The molecule has 1 amide bonds. The van der Waals surface area contributed by atoms with Gasteiger partial charge in [-0.1, -0.05) is 48.0 Å². The Hall–Kier alpha value is -2.47. The zero-order chi connectivity index (χ0) is 20.5. The molecule has 2 aromatic carbocycles. The molecule has 3 N–H and O–H groups in total. The number of amides is 1. The first-order valence-electron chi connectivity index (χ1n) is 10.2. The number of nitrogens with zero attached hydrogens (tertiary/aromatic N) is 1. The van der Waals surface area contributed by atoms with Crippen molar-refractivity contribution in [3.05, 3.63) is 65.2 Å². The number of carbonyl (C=O) groups excluding carboxylic acids is 1. The van der Waals surface area contributed by atoms with E-state index in [0.29, 0.717) is 13.0 Å². The minimum Gasteiger partial charge on any atom is -0.357 e. The van der Waals surface area contributed by atoms with Gasteiger partial charge in [0.05, 0.1) is 6.54 Å². The van der Waals surface area contributed by atoms with Gasteiger partial charge in [-0.15, -0.1) is 0 Å². The average molecular weight is 411 g/mol. The molecule has 0 saturated heterocycles. The molecule has 0 spiro atoms. The van der Waals surface area contributed by atoms with Crippen molar-refractivity contribution in [1.29, 1.82) is 0 Å². The van der Waals surface area contributed by atoms with Crippen LogP contribution in [-0.4, -0.2) is 37.3 Å². The molecule has 0 aliphatic carbocycles. The molecule has 2 aromatic rings. The third-order valence-corrected chi connectivity index (χ3v) is 5.88. The third kappa shape index (κ3) is 6.53. The predicted molar refractivity (Wildman–Crippen MR) is 124 cm³/mol. The van der Waals surface area contributed by atoms with Crippen LogP contribution in [0.25, 0.3) is 0 Å². The van der Waals surface area contributed by atoms with Crippen LogP contribution in [0.1, 0.15) is 36.0 Å². The summed E-state index contributed by atoms with van der Waals surface area (Å²) in [4.78, 5) is 16.7. The van der Waals surface area contributed by atoms with E-state index in [1.165, 1.54) is 16.7 Å². The lowest BCUT2D eigenvalue weighted by Crippen LogP contribution is -2.39. The number of fused-ring (bicyclic) bond motifs is 1. The highest BCUT2D eigenvalue weighted by molar-refractivity contribution is 7.98. The molecule has 1 aliphatic rings. The van der Waals surface area contributed by atoms with E-state index in [9.17, 15) is 4.79 Å². The van der Waals surface area contributed by atoms with E-state index in [-0.39, 0.29) is 11.8 Å². The summed E-state index contributed by atoms with van der Waals surface area (Å²) < 4.78 is 0. The number of hydrogen-bond donors (Lipinski definition) is 3. The quantitative estimate of drug-likeness (QED) is 0.351. The molecule has 5 nitrogen and oxygen atoms in total. The number of guanidine groups is 1. The van der Waals surface area contributed by atoms with Crippen LogP contribution in [0.2, 0.25) is 0 Å². The Balaban J connectivity index is 1.48. The minimum absolute atomic E-state index is 0.0642. The molecule has 0 bridgehead atoms. The second-order valence-electron chi connectivity index (χ2n) is 7.22. The maximum atomic E-state index is 12.0. The van der Waals surface area contributed by atoms with Gasteiger partial charge in [-0.05, 0) is 31.0 Å². The third-order valence-electron chi connectivity index (χ3n) is 4.85. The molecule has 0 fully saturated rings. The molecule has 29 heavy (non-hydrogen) atoms. The predicted octanol–water partition coefficient (Wildman–Crippen LogP) is 3.91. The fourth-order valence-corrected chi connectivity index (χ4v) is 4.14. The van der Waals surface area contributed by atoms with Crippen molar-refractivity contribution in [2.75, 3.05) is 30.7 Å². The van der Waals surface area contributed by atoms with Crippen molar-refractivity contribution in [2.24, 2.45) is 4.99 Å². The second-order valence-corrected chi connectivity index (χ2v) is 8.33. The van der Waals surface area contributed by atoms with Gasteiger partial charge in [-0.3, -0.25) is 9.79 Å². The normalized spacial score (nSPS) is 16.1. The number of benzene rings is 2. The highest BCUT2D eigenvalue weighted by Crippen LogP contribution is 2.31. The molecule has 6 heteroatoms. The van der Waals surface area contributed by atoms with Crippen LogP contribution in [0, 0.1) is 6.92 Å². The first-order valence-corrected chi connectivity index (χ1v) is 11.4. The van der Waals surface area contributed by atoms with E-state index in [1.807, 2.05) is 30.0 Å². The summed E-state index contributed by atoms with van der Waals surface area (Å²) in [5, 5.41) is 9.66. The Bertz CT molecular complexity index is 835. The van der Waals surface area contributed by atoms with Gasteiger partial charge in [0.2, 0.25) is 5.91 Å². The summed E-state index contributed by atoms with van der Waals surface area (Å²) in [6.07, 6.45) is 0.478. The van der Waals surface area contributed by atoms with E-state index in [0.717, 1.165) is 36.2 Å². The van der Waals surface area contributed by atoms with Crippen LogP contribution in [0.3, 0.4) is 0 Å². The fraction of sp³-hybridized carbons (Fsp3) is 0.391. The van der Waals surface area contributed by atoms with Crippen molar-refractivity contribution in [3.8, 4) is 0 Å². The molecule has 0 aromatic heterocycles. The lowest BCUT2D eigenvalue weighted by atomic mass is 9.91. The van der Waals surface area contributed by atoms with Gasteiger partial charge in [0.25, 0.3) is 0 Å². The first-order chi connectivity index (χ1) is 14.2. The largest absolute Gasteiger partial charge is 0.357 e. The van der Waals surface area contributed by atoms with Crippen molar-refractivity contribution in [3.63, 3.8) is 0 Å². The zero-order valence-corrected chi connectivity index (χ0v) is 18.0. The molecular formula is C23H30N4OS. The van der Waals surface area contributed by atoms with Crippen LogP contribution in [0.4, 0.5) is 5.69 Å². The first kappa shape index (κ1) is 21.2. The number of rotatable bonds is 8. The maximum absolute atomic E-state index is 12.0. The van der Waals surface area contributed by atoms with E-state index in [2.05, 4.69) is 60.1 Å². The molecule has 0 radical (unpaired) electrons. The summed E-state index contributed by atoms with van der Waals surface area (Å²) >= 11 is 1.91. The van der Waals surface area contributed by atoms with E-state index in [1.54, 1.807) is 0 Å². The van der Waals surface area contributed by atoms with Gasteiger partial charge in [-0.25, -0.2) is 0 Å². The monoisotopic (exact) mass is 410 g/mol. The molecule has 1 aliphatic heterocycles. The van der Waals surface area contributed by atoms with Gasteiger partial charge in [0, 0.05) is 42.6 Å². The lowest BCUT2D eigenvalue weighted by molar-refractivity contribution is -0.116. The van der Waals surface area contributed by atoms with Crippen molar-refractivity contribution in [1.82, 2.24) is 10.6 Å². The number of aryl methyl sites for hydroxylation is 1. The highest BCUT2D eigenvalue weighted by atomic mass is 32.2. The van der Waals surface area contributed by atoms with E-state index < -0.39 is 0 Å². The number of nitrogens with one attached hydrogen (secondary N) is 3. The molecule has 1 atom stereocenters. The topological polar surface area (TPSA) is 65.5 Å². The molecule has 3 rings (SSSR count). The van der Waals surface area contributed by atoms with Crippen molar-refractivity contribution >= 4 is 29.3 Å². The summed E-state index contributed by atoms with van der Waals surface area (Å²) in [5.74, 6) is 3.02. The van der Waals surface area contributed by atoms with Crippen LogP contribution >= 0.6 is 11.8 Å². The summed E-state index contributed by atoms with van der Waals surface area (Å²) in [6, 6.07) is 16.7. The number of anilines is 1.